The van der Waals surface area contributed by atoms with Crippen LogP contribution in [0.25, 0.3) is 60.9 Å². The number of aromatic nitrogens is 1. The predicted molar refractivity (Wildman–Crippen MR) is 204 cm³/mol. The summed E-state index contributed by atoms with van der Waals surface area (Å²) in [5, 5.41) is 2.23. The number of amides is 2. The molecule has 0 unspecified atom stereocenters. The Hall–Kier alpha value is -6.52. The number of rotatable bonds is 5. The van der Waals surface area contributed by atoms with Gasteiger partial charge in [0.25, 0.3) is 11.8 Å². The third kappa shape index (κ3) is 4.61. The Labute approximate surface area is 290 Å². The Morgan fingerprint density at radius 1 is 0.420 bits per heavy atom. The molecule has 0 radical (unpaired) electrons. The maximum Gasteiger partial charge on any atom is 0.268 e. The number of hydrogen-bond donors (Lipinski definition) is 0. The zero-order valence-electron chi connectivity index (χ0n) is 27.7. The van der Waals surface area contributed by atoms with Crippen LogP contribution in [0.1, 0.15) is 31.8 Å². The van der Waals surface area contributed by atoms with E-state index in [4.69, 9.17) is 0 Å². The molecule has 1 aliphatic heterocycles. The largest absolute Gasteiger partial charge is 0.308 e. The van der Waals surface area contributed by atoms with Gasteiger partial charge in [0, 0.05) is 21.9 Å². The third-order valence-electron chi connectivity index (χ3n) is 9.82. The normalized spacial score (nSPS) is 12.6. The number of carbonyl (C=O) groups is 2. The minimum Gasteiger partial charge on any atom is -0.308 e. The van der Waals surface area contributed by atoms with E-state index in [1.54, 1.807) is 6.07 Å². The number of hydrogen-bond acceptors (Lipinski definition) is 2. The highest BCUT2D eigenvalue weighted by Gasteiger charge is 2.41. The van der Waals surface area contributed by atoms with Gasteiger partial charge < -0.3 is 4.57 Å². The lowest BCUT2D eigenvalue weighted by Crippen LogP contribution is -2.30. The van der Waals surface area contributed by atoms with Crippen LogP contribution < -0.4 is 4.90 Å². The molecule has 1 aromatic heterocycles. The highest BCUT2D eigenvalue weighted by atomic mass is 16.2. The Kier molecular flexibility index (Phi) is 6.85. The number of nitrogens with zero attached hydrogens (tertiary/aromatic N) is 2. The molecule has 50 heavy (non-hydrogen) atoms. The van der Waals surface area contributed by atoms with Gasteiger partial charge in [0.15, 0.2) is 0 Å². The molecule has 0 bridgehead atoms. The molecule has 2 heterocycles. The lowest BCUT2D eigenvalue weighted by Gasteiger charge is -2.24. The van der Waals surface area contributed by atoms with E-state index >= 15 is 4.79 Å². The molecule has 9 rings (SSSR count). The Balaban J connectivity index is 1.32. The van der Waals surface area contributed by atoms with Crippen molar-refractivity contribution in [2.45, 2.75) is 13.8 Å². The van der Waals surface area contributed by atoms with Gasteiger partial charge in [-0.25, -0.2) is 4.90 Å². The van der Waals surface area contributed by atoms with Crippen LogP contribution in [0, 0.1) is 13.8 Å². The predicted octanol–water partition coefficient (Wildman–Crippen LogP) is 11.2. The standard InChI is InChI=1S/C46H32N2O2/c1-29-21-23-40-38(25-29)39-26-30(2)22-24-41(39)47(40)42-20-12-19-35-43(42)46(50)48(45(35)49)44-36(32-15-8-4-9-16-32)27-34(31-13-6-3-7-14-31)28-37(44)33-17-10-5-11-18-33/h3-28H,1-2H3. The lowest BCUT2D eigenvalue weighted by atomic mass is 9.90. The van der Waals surface area contributed by atoms with Gasteiger partial charge in [0.2, 0.25) is 0 Å². The van der Waals surface area contributed by atoms with Gasteiger partial charge in [0.05, 0.1) is 33.5 Å². The smallest absolute Gasteiger partial charge is 0.268 e. The van der Waals surface area contributed by atoms with Gasteiger partial charge in [-0.05, 0) is 84.6 Å². The van der Waals surface area contributed by atoms with Crippen LogP contribution in [0.5, 0.6) is 0 Å². The van der Waals surface area contributed by atoms with Crippen LogP contribution in [0.15, 0.2) is 158 Å². The molecule has 1 aliphatic rings. The van der Waals surface area contributed by atoms with Crippen LogP contribution in [0.4, 0.5) is 5.69 Å². The summed E-state index contributed by atoms with van der Waals surface area (Å²) in [6.45, 7) is 4.19. The zero-order chi connectivity index (χ0) is 33.9. The maximum atomic E-state index is 15.1. The Morgan fingerprint density at radius 3 is 1.44 bits per heavy atom. The molecule has 0 aliphatic carbocycles. The van der Waals surface area contributed by atoms with Crippen molar-refractivity contribution < 1.29 is 9.59 Å². The van der Waals surface area contributed by atoms with Crippen molar-refractivity contribution in [3.05, 3.63) is 180 Å². The van der Waals surface area contributed by atoms with Crippen molar-refractivity contribution in [2.24, 2.45) is 0 Å². The molecule has 0 saturated heterocycles. The van der Waals surface area contributed by atoms with E-state index in [1.165, 1.54) is 4.90 Å². The van der Waals surface area contributed by atoms with E-state index in [1.807, 2.05) is 91.0 Å². The first kappa shape index (κ1) is 29.6. The molecule has 0 spiro atoms. The van der Waals surface area contributed by atoms with E-state index in [0.717, 1.165) is 66.3 Å². The number of anilines is 1. The quantitative estimate of drug-likeness (QED) is 0.175. The molecule has 4 heteroatoms. The molecule has 4 nitrogen and oxygen atoms in total. The Morgan fingerprint density at radius 2 is 0.920 bits per heavy atom. The van der Waals surface area contributed by atoms with Crippen molar-refractivity contribution >= 4 is 39.3 Å². The number of fused-ring (bicyclic) bond motifs is 4. The van der Waals surface area contributed by atoms with Crippen molar-refractivity contribution in [2.75, 3.05) is 4.90 Å². The first-order valence-electron chi connectivity index (χ1n) is 16.9. The van der Waals surface area contributed by atoms with Gasteiger partial charge in [-0.15, -0.1) is 0 Å². The molecule has 8 aromatic rings. The fraction of sp³-hybridized carbons (Fsp3) is 0.0435. The number of benzene rings is 7. The summed E-state index contributed by atoms with van der Waals surface area (Å²) in [5.74, 6) is -0.669. The van der Waals surface area contributed by atoms with Gasteiger partial charge in [0.1, 0.15) is 0 Å². The summed E-state index contributed by atoms with van der Waals surface area (Å²) in [4.78, 5) is 31.3. The molecule has 238 valence electrons. The van der Waals surface area contributed by atoms with E-state index in [9.17, 15) is 4.79 Å². The molecular weight excluding hydrogens is 613 g/mol. The topological polar surface area (TPSA) is 42.3 Å². The average molecular weight is 645 g/mol. The van der Waals surface area contributed by atoms with E-state index in [-0.39, 0.29) is 11.8 Å². The fourth-order valence-electron chi connectivity index (χ4n) is 7.52. The molecule has 0 N–H and O–H groups in total. The van der Waals surface area contributed by atoms with Crippen LogP contribution in [-0.2, 0) is 0 Å². The summed E-state index contributed by atoms with van der Waals surface area (Å²) >= 11 is 0. The molecule has 0 saturated carbocycles. The van der Waals surface area contributed by atoms with Gasteiger partial charge in [-0.1, -0.05) is 120 Å². The van der Waals surface area contributed by atoms with Crippen LogP contribution >= 0.6 is 0 Å². The van der Waals surface area contributed by atoms with E-state index in [0.29, 0.717) is 22.5 Å². The monoisotopic (exact) mass is 644 g/mol. The second-order valence-corrected chi connectivity index (χ2v) is 13.0. The highest BCUT2D eigenvalue weighted by Crippen LogP contribution is 2.47. The summed E-state index contributed by atoms with van der Waals surface area (Å²) in [6, 6.07) is 52.9. The molecule has 0 atom stereocenters. The first-order chi connectivity index (χ1) is 24.5. The maximum absolute atomic E-state index is 15.1. The molecule has 0 fully saturated rings. The van der Waals surface area contributed by atoms with Gasteiger partial charge in [-0.3, -0.25) is 9.59 Å². The first-order valence-corrected chi connectivity index (χ1v) is 16.9. The summed E-state index contributed by atoms with van der Waals surface area (Å²) in [7, 11) is 0. The average Bonchev–Trinajstić information content (AvgIpc) is 3.61. The van der Waals surface area contributed by atoms with Crippen molar-refractivity contribution in [3.63, 3.8) is 0 Å². The lowest BCUT2D eigenvalue weighted by molar-refractivity contribution is 0.0926. The number of imide groups is 1. The summed E-state index contributed by atoms with van der Waals surface area (Å²) < 4.78 is 2.14. The SMILES string of the molecule is Cc1ccc2c(c1)c1cc(C)ccc1n2-c1cccc2c1C(=O)N(c1c(-c3ccccc3)cc(-c3ccccc3)cc1-c1ccccc1)C2=O. The second-order valence-electron chi connectivity index (χ2n) is 13.0. The Bertz CT molecular complexity index is 2520. The van der Waals surface area contributed by atoms with Crippen molar-refractivity contribution in [1.82, 2.24) is 4.57 Å². The minimum absolute atomic E-state index is 0.332. The van der Waals surface area contributed by atoms with Gasteiger partial charge >= 0.3 is 0 Å². The molecule has 7 aromatic carbocycles. The van der Waals surface area contributed by atoms with Gasteiger partial charge in [-0.2, -0.15) is 0 Å². The van der Waals surface area contributed by atoms with Crippen molar-refractivity contribution in [3.8, 4) is 39.1 Å². The zero-order valence-corrected chi connectivity index (χ0v) is 27.7. The third-order valence-corrected chi connectivity index (χ3v) is 9.82. The molecule has 2 amide bonds. The van der Waals surface area contributed by atoms with Crippen LogP contribution in [0.3, 0.4) is 0 Å². The summed E-state index contributed by atoms with van der Waals surface area (Å²) in [6.07, 6.45) is 0. The van der Waals surface area contributed by atoms with Crippen LogP contribution in [-0.4, -0.2) is 16.4 Å². The number of aryl methyl sites for hydroxylation is 2. The minimum atomic E-state index is -0.336. The second kappa shape index (κ2) is 11.6. The highest BCUT2D eigenvalue weighted by molar-refractivity contribution is 6.37. The number of carbonyl (C=O) groups excluding carboxylic acids is 2. The van der Waals surface area contributed by atoms with E-state index < -0.39 is 0 Å². The van der Waals surface area contributed by atoms with E-state index in [2.05, 4.69) is 79.1 Å². The van der Waals surface area contributed by atoms with Crippen molar-refractivity contribution in [1.29, 1.82) is 0 Å². The fourth-order valence-corrected chi connectivity index (χ4v) is 7.52. The van der Waals surface area contributed by atoms with Crippen LogP contribution in [0.2, 0.25) is 0 Å². The summed E-state index contributed by atoms with van der Waals surface area (Å²) in [5.41, 5.74) is 11.9. The molecular formula is C46H32N2O2.